The second-order valence-electron chi connectivity index (χ2n) is 3.94. The van der Waals surface area contributed by atoms with Crippen LogP contribution in [0.15, 0.2) is 29.2 Å². The van der Waals surface area contributed by atoms with Crippen LogP contribution in [-0.4, -0.2) is 40.1 Å². The molecule has 2 aromatic rings. The molecule has 20 heavy (non-hydrogen) atoms. The summed E-state index contributed by atoms with van der Waals surface area (Å²) in [6.45, 7) is 1.56. The standard InChI is InChI=1S/C10H11N5O4S/c1-6(9-11-14-15-12-9)13-20(18,19)8-4-2-7(3-5-8)10(16)17/h2-6,13H,1H3,(H,16,17)(H,11,12,14,15). The van der Waals surface area contributed by atoms with Crippen molar-refractivity contribution in [2.45, 2.75) is 17.9 Å². The van der Waals surface area contributed by atoms with E-state index in [1.165, 1.54) is 24.3 Å². The SMILES string of the molecule is CC(NS(=O)(=O)c1ccc(C(=O)O)cc1)c1nn[nH]n1. The van der Waals surface area contributed by atoms with E-state index in [1.807, 2.05) is 0 Å². The number of aromatic carboxylic acids is 1. The molecule has 0 saturated carbocycles. The number of hydrogen-bond donors (Lipinski definition) is 3. The molecule has 9 nitrogen and oxygen atoms in total. The van der Waals surface area contributed by atoms with Gasteiger partial charge in [-0.2, -0.15) is 5.21 Å². The number of nitrogens with one attached hydrogen (secondary N) is 2. The summed E-state index contributed by atoms with van der Waals surface area (Å²) in [5.41, 5.74) is 0.00941. The monoisotopic (exact) mass is 297 g/mol. The van der Waals surface area contributed by atoms with Gasteiger partial charge in [-0.3, -0.25) is 0 Å². The van der Waals surface area contributed by atoms with Gasteiger partial charge in [0.25, 0.3) is 0 Å². The first kappa shape index (κ1) is 14.1. The zero-order chi connectivity index (χ0) is 14.8. The van der Waals surface area contributed by atoms with E-state index in [-0.39, 0.29) is 16.3 Å². The van der Waals surface area contributed by atoms with Crippen molar-refractivity contribution in [3.8, 4) is 0 Å². The lowest BCUT2D eigenvalue weighted by Crippen LogP contribution is -2.27. The smallest absolute Gasteiger partial charge is 0.335 e. The van der Waals surface area contributed by atoms with E-state index in [2.05, 4.69) is 25.3 Å². The molecule has 0 amide bonds. The third-order valence-electron chi connectivity index (χ3n) is 2.49. The quantitative estimate of drug-likeness (QED) is 0.702. The van der Waals surface area contributed by atoms with E-state index in [4.69, 9.17) is 5.11 Å². The van der Waals surface area contributed by atoms with Crippen molar-refractivity contribution in [3.63, 3.8) is 0 Å². The van der Waals surface area contributed by atoms with Gasteiger partial charge in [0.2, 0.25) is 10.0 Å². The lowest BCUT2D eigenvalue weighted by Gasteiger charge is -2.10. The highest BCUT2D eigenvalue weighted by atomic mass is 32.2. The Bertz CT molecular complexity index is 696. The molecule has 0 aliphatic heterocycles. The van der Waals surface area contributed by atoms with Gasteiger partial charge in [-0.15, -0.1) is 10.2 Å². The average molecular weight is 297 g/mol. The van der Waals surface area contributed by atoms with E-state index in [0.717, 1.165) is 0 Å². The molecule has 0 radical (unpaired) electrons. The zero-order valence-electron chi connectivity index (χ0n) is 10.3. The summed E-state index contributed by atoms with van der Waals surface area (Å²) in [5, 5.41) is 21.7. The predicted octanol–water partition coefficient (Wildman–Crippen LogP) is -0.0626. The van der Waals surface area contributed by atoms with E-state index in [9.17, 15) is 13.2 Å². The van der Waals surface area contributed by atoms with Crippen LogP contribution in [0.5, 0.6) is 0 Å². The number of carbonyl (C=O) groups is 1. The lowest BCUT2D eigenvalue weighted by atomic mass is 10.2. The fourth-order valence-electron chi connectivity index (χ4n) is 1.48. The van der Waals surface area contributed by atoms with Crippen LogP contribution in [0.25, 0.3) is 0 Å². The summed E-state index contributed by atoms with van der Waals surface area (Å²) in [6, 6.07) is 4.20. The third kappa shape index (κ3) is 2.97. The van der Waals surface area contributed by atoms with Gasteiger partial charge in [0.1, 0.15) is 0 Å². The van der Waals surface area contributed by atoms with Crippen molar-refractivity contribution in [1.29, 1.82) is 0 Å². The van der Waals surface area contributed by atoms with E-state index in [1.54, 1.807) is 6.92 Å². The summed E-state index contributed by atoms with van der Waals surface area (Å²) < 4.78 is 26.5. The Labute approximate surface area is 114 Å². The van der Waals surface area contributed by atoms with Crippen LogP contribution in [0.2, 0.25) is 0 Å². The molecule has 0 bridgehead atoms. The molecule has 0 spiro atoms. The highest BCUT2D eigenvalue weighted by Crippen LogP contribution is 2.14. The second kappa shape index (κ2) is 5.35. The minimum Gasteiger partial charge on any atom is -0.478 e. The van der Waals surface area contributed by atoms with Crippen LogP contribution >= 0.6 is 0 Å². The normalized spacial score (nSPS) is 13.1. The van der Waals surface area contributed by atoms with E-state index >= 15 is 0 Å². The molecular formula is C10H11N5O4S. The van der Waals surface area contributed by atoms with Gasteiger partial charge in [-0.05, 0) is 31.2 Å². The Kier molecular flexibility index (Phi) is 3.77. The Hall–Kier alpha value is -2.33. The fourth-order valence-corrected chi connectivity index (χ4v) is 2.68. The number of aromatic amines is 1. The number of sulfonamides is 1. The number of H-pyrrole nitrogens is 1. The second-order valence-corrected chi connectivity index (χ2v) is 5.66. The molecule has 1 heterocycles. The van der Waals surface area contributed by atoms with Crippen LogP contribution in [0, 0.1) is 0 Å². The number of aromatic nitrogens is 4. The summed E-state index contributed by atoms with van der Waals surface area (Å²) in [4.78, 5) is 10.7. The van der Waals surface area contributed by atoms with Crippen LogP contribution in [-0.2, 0) is 10.0 Å². The van der Waals surface area contributed by atoms with Gasteiger partial charge in [-0.25, -0.2) is 17.9 Å². The molecule has 106 valence electrons. The highest BCUT2D eigenvalue weighted by molar-refractivity contribution is 7.89. The number of rotatable bonds is 5. The average Bonchev–Trinajstić information content (AvgIpc) is 2.92. The van der Waals surface area contributed by atoms with Gasteiger partial charge < -0.3 is 5.11 Å². The molecule has 1 aromatic heterocycles. The number of carboxylic acids is 1. The summed E-state index contributed by atoms with van der Waals surface area (Å²) in [7, 11) is -3.79. The maximum Gasteiger partial charge on any atom is 0.335 e. The van der Waals surface area contributed by atoms with Gasteiger partial charge >= 0.3 is 5.97 Å². The molecule has 1 unspecified atom stereocenters. The molecular weight excluding hydrogens is 286 g/mol. The largest absolute Gasteiger partial charge is 0.478 e. The first-order valence-electron chi connectivity index (χ1n) is 5.49. The Morgan fingerprint density at radius 1 is 1.35 bits per heavy atom. The Morgan fingerprint density at radius 2 is 2.00 bits per heavy atom. The molecule has 3 N–H and O–H groups in total. The molecule has 2 rings (SSSR count). The van der Waals surface area contributed by atoms with Crippen molar-refractivity contribution in [2.75, 3.05) is 0 Å². The number of hydrogen-bond acceptors (Lipinski definition) is 6. The summed E-state index contributed by atoms with van der Waals surface area (Å²) >= 11 is 0. The minimum atomic E-state index is -3.79. The maximum absolute atomic E-state index is 12.1. The molecule has 0 fully saturated rings. The Morgan fingerprint density at radius 3 is 2.50 bits per heavy atom. The van der Waals surface area contributed by atoms with Crippen molar-refractivity contribution in [3.05, 3.63) is 35.7 Å². The number of nitrogens with zero attached hydrogens (tertiary/aromatic N) is 3. The first-order chi connectivity index (χ1) is 9.40. The van der Waals surface area contributed by atoms with Crippen LogP contribution in [0.4, 0.5) is 0 Å². The van der Waals surface area contributed by atoms with Crippen LogP contribution in [0.1, 0.15) is 29.1 Å². The van der Waals surface area contributed by atoms with Crippen molar-refractivity contribution in [1.82, 2.24) is 25.3 Å². The maximum atomic E-state index is 12.1. The van der Waals surface area contributed by atoms with Crippen molar-refractivity contribution >= 4 is 16.0 Å². The number of tetrazole rings is 1. The van der Waals surface area contributed by atoms with E-state index in [0.29, 0.717) is 0 Å². The first-order valence-corrected chi connectivity index (χ1v) is 6.97. The number of carboxylic acid groups (broad SMARTS) is 1. The Balaban J connectivity index is 2.20. The molecule has 0 saturated heterocycles. The minimum absolute atomic E-state index is 0.00941. The van der Waals surface area contributed by atoms with Crippen LogP contribution < -0.4 is 4.72 Å². The highest BCUT2D eigenvalue weighted by Gasteiger charge is 2.21. The fraction of sp³-hybridized carbons (Fsp3) is 0.200. The molecule has 1 atom stereocenters. The lowest BCUT2D eigenvalue weighted by molar-refractivity contribution is 0.0696. The molecule has 0 aliphatic carbocycles. The summed E-state index contributed by atoms with van der Waals surface area (Å²) in [5.74, 6) is -0.919. The van der Waals surface area contributed by atoms with Crippen molar-refractivity contribution in [2.24, 2.45) is 0 Å². The van der Waals surface area contributed by atoms with Gasteiger partial charge in [-0.1, -0.05) is 5.21 Å². The third-order valence-corrected chi connectivity index (χ3v) is 4.05. The van der Waals surface area contributed by atoms with Gasteiger partial charge in [0.05, 0.1) is 16.5 Å². The van der Waals surface area contributed by atoms with Crippen molar-refractivity contribution < 1.29 is 18.3 Å². The molecule has 0 aliphatic rings. The predicted molar refractivity (Wildman–Crippen MR) is 66.3 cm³/mol. The molecule has 1 aromatic carbocycles. The van der Waals surface area contributed by atoms with Crippen LogP contribution in [0.3, 0.4) is 0 Å². The van der Waals surface area contributed by atoms with Gasteiger partial charge in [0.15, 0.2) is 5.82 Å². The van der Waals surface area contributed by atoms with Gasteiger partial charge in [0, 0.05) is 0 Å². The topological polar surface area (TPSA) is 138 Å². The van der Waals surface area contributed by atoms with E-state index < -0.39 is 22.0 Å². The molecule has 10 heteroatoms. The summed E-state index contributed by atoms with van der Waals surface area (Å²) in [6.07, 6.45) is 0. The number of benzene rings is 1. The zero-order valence-corrected chi connectivity index (χ0v) is 11.1.